The summed E-state index contributed by atoms with van der Waals surface area (Å²) in [5.41, 5.74) is 0.536. The molecular weight excluding hydrogens is 490 g/mol. The number of H-pyrrole nitrogens is 1. The van der Waals surface area contributed by atoms with Crippen LogP contribution in [0.4, 0.5) is 0 Å². The van der Waals surface area contributed by atoms with Crippen LogP contribution in [0.1, 0.15) is 42.4 Å². The maximum Gasteiger partial charge on any atom is 0.329 e. The molecule has 170 valence electrons. The molecule has 9 heteroatoms. The van der Waals surface area contributed by atoms with Crippen molar-refractivity contribution in [3.63, 3.8) is 0 Å². The molecule has 0 spiro atoms. The molecule has 0 aliphatic carbocycles. The fourth-order valence-corrected chi connectivity index (χ4v) is 4.26. The highest BCUT2D eigenvalue weighted by Gasteiger charge is 2.22. The van der Waals surface area contributed by atoms with Gasteiger partial charge >= 0.3 is 11.7 Å². The van der Waals surface area contributed by atoms with Gasteiger partial charge in [-0.05, 0) is 73.5 Å². The number of carbonyl (C=O) groups is 2. The third-order valence-electron chi connectivity index (χ3n) is 5.18. The third kappa shape index (κ3) is 4.16. The maximum absolute atomic E-state index is 13.4. The Morgan fingerprint density at radius 2 is 1.85 bits per heavy atom. The van der Waals surface area contributed by atoms with Gasteiger partial charge in [0.2, 0.25) is 5.78 Å². The van der Waals surface area contributed by atoms with Gasteiger partial charge in [-0.25, -0.2) is 9.36 Å². The van der Waals surface area contributed by atoms with Gasteiger partial charge in [0.1, 0.15) is 12.1 Å². The van der Waals surface area contributed by atoms with E-state index in [1.807, 2.05) is 25.1 Å². The maximum atomic E-state index is 13.4. The number of ketones is 1. The van der Waals surface area contributed by atoms with Gasteiger partial charge in [-0.2, -0.15) is 0 Å². The second-order valence-electron chi connectivity index (χ2n) is 8.74. The monoisotopic (exact) mass is 511 g/mol. The zero-order valence-corrected chi connectivity index (χ0v) is 20.1. The Bertz CT molecular complexity index is 1550. The number of nitrogens with zero attached hydrogens (tertiary/aromatic N) is 2. The molecular formula is C24H22BrN3O5. The number of aromatic amines is 1. The number of rotatable bonds is 4. The van der Waals surface area contributed by atoms with Crippen molar-refractivity contribution in [1.29, 1.82) is 0 Å². The Balaban J connectivity index is 1.77. The SMILES string of the molecule is Cc1c(Br)c2ccccn2c1C(=O)c1ccc2c(=O)n(CC(=O)OC(C)(C)C)c(=O)[nH]c2c1. The van der Waals surface area contributed by atoms with Gasteiger partial charge < -0.3 is 14.1 Å². The van der Waals surface area contributed by atoms with Crippen molar-refractivity contribution >= 4 is 44.1 Å². The van der Waals surface area contributed by atoms with Crippen molar-refractivity contribution in [2.24, 2.45) is 0 Å². The Morgan fingerprint density at radius 3 is 2.55 bits per heavy atom. The van der Waals surface area contributed by atoms with Crippen LogP contribution >= 0.6 is 15.9 Å². The number of ether oxygens (including phenoxy) is 1. The van der Waals surface area contributed by atoms with Crippen LogP contribution in [0, 0.1) is 6.92 Å². The highest BCUT2D eigenvalue weighted by Crippen LogP contribution is 2.30. The highest BCUT2D eigenvalue weighted by atomic mass is 79.9. The Labute approximate surface area is 196 Å². The molecule has 0 radical (unpaired) electrons. The van der Waals surface area contributed by atoms with Crippen molar-refractivity contribution in [3.8, 4) is 0 Å². The number of pyridine rings is 1. The van der Waals surface area contributed by atoms with Gasteiger partial charge in [-0.15, -0.1) is 0 Å². The molecule has 4 aromatic rings. The molecule has 1 aromatic carbocycles. The molecule has 0 bridgehead atoms. The summed E-state index contributed by atoms with van der Waals surface area (Å²) in [7, 11) is 0. The van der Waals surface area contributed by atoms with Crippen molar-refractivity contribution in [3.05, 3.63) is 84.7 Å². The van der Waals surface area contributed by atoms with Gasteiger partial charge in [0.15, 0.2) is 0 Å². The number of carbonyl (C=O) groups excluding carboxylic acids is 2. The molecule has 3 heterocycles. The largest absolute Gasteiger partial charge is 0.459 e. The highest BCUT2D eigenvalue weighted by molar-refractivity contribution is 9.10. The van der Waals surface area contributed by atoms with Gasteiger partial charge in [-0.3, -0.25) is 14.4 Å². The molecule has 0 saturated heterocycles. The predicted molar refractivity (Wildman–Crippen MR) is 128 cm³/mol. The van der Waals surface area contributed by atoms with Crippen LogP contribution in [-0.4, -0.2) is 31.3 Å². The molecule has 3 aromatic heterocycles. The smallest absolute Gasteiger partial charge is 0.329 e. The standard InChI is InChI=1S/C24H22BrN3O5/c1-13-19(25)17-7-5-6-10-27(17)20(13)21(30)14-8-9-15-16(11-14)26-23(32)28(22(15)31)12-18(29)33-24(2,3)4/h5-11H,12H2,1-4H3,(H,26,32). The number of hydrogen-bond acceptors (Lipinski definition) is 5. The molecule has 33 heavy (non-hydrogen) atoms. The van der Waals surface area contributed by atoms with Gasteiger partial charge in [0.25, 0.3) is 5.56 Å². The summed E-state index contributed by atoms with van der Waals surface area (Å²) in [5, 5.41) is 0.188. The predicted octanol–water partition coefficient (Wildman–Crippen LogP) is 3.59. The summed E-state index contributed by atoms with van der Waals surface area (Å²) in [6.07, 6.45) is 1.80. The quantitative estimate of drug-likeness (QED) is 0.333. The van der Waals surface area contributed by atoms with E-state index in [1.165, 1.54) is 18.2 Å². The van der Waals surface area contributed by atoms with Crippen LogP contribution in [0.3, 0.4) is 0 Å². The summed E-state index contributed by atoms with van der Waals surface area (Å²) in [6, 6.07) is 10.1. The first-order valence-corrected chi connectivity index (χ1v) is 11.1. The zero-order valence-electron chi connectivity index (χ0n) is 18.6. The van der Waals surface area contributed by atoms with E-state index >= 15 is 0 Å². The fourth-order valence-electron chi connectivity index (χ4n) is 3.75. The molecule has 0 aliphatic rings. The van der Waals surface area contributed by atoms with Crippen molar-refractivity contribution in [2.45, 2.75) is 39.8 Å². The Morgan fingerprint density at radius 1 is 1.12 bits per heavy atom. The van der Waals surface area contributed by atoms with E-state index in [-0.39, 0.29) is 16.7 Å². The van der Waals surface area contributed by atoms with E-state index in [9.17, 15) is 19.2 Å². The minimum atomic E-state index is -0.755. The van der Waals surface area contributed by atoms with Gasteiger partial charge in [0, 0.05) is 16.2 Å². The second kappa shape index (κ2) is 8.15. The average molecular weight is 512 g/mol. The summed E-state index contributed by atoms with van der Waals surface area (Å²) < 4.78 is 8.62. The zero-order chi connectivity index (χ0) is 24.1. The molecule has 4 rings (SSSR count). The molecule has 0 saturated carbocycles. The van der Waals surface area contributed by atoms with Crippen molar-refractivity contribution in [1.82, 2.24) is 14.0 Å². The van der Waals surface area contributed by atoms with Crippen LogP contribution in [-0.2, 0) is 16.1 Å². The first-order chi connectivity index (χ1) is 15.5. The lowest BCUT2D eigenvalue weighted by Gasteiger charge is -2.19. The third-order valence-corrected chi connectivity index (χ3v) is 6.18. The fraction of sp³-hybridized carbons (Fsp3) is 0.250. The molecule has 0 fully saturated rings. The molecule has 1 N–H and O–H groups in total. The van der Waals surface area contributed by atoms with Gasteiger partial charge in [0.05, 0.1) is 22.1 Å². The topological polar surface area (TPSA) is 103 Å². The average Bonchev–Trinajstić information content (AvgIpc) is 2.99. The summed E-state index contributed by atoms with van der Waals surface area (Å²) in [5.74, 6) is -0.942. The number of aromatic nitrogens is 3. The lowest BCUT2D eigenvalue weighted by atomic mass is 10.0. The molecule has 0 aliphatic heterocycles. The van der Waals surface area contributed by atoms with E-state index in [4.69, 9.17) is 4.74 Å². The van der Waals surface area contributed by atoms with Crippen LogP contribution in [0.5, 0.6) is 0 Å². The number of fused-ring (bicyclic) bond motifs is 2. The lowest BCUT2D eigenvalue weighted by Crippen LogP contribution is -2.39. The van der Waals surface area contributed by atoms with Crippen LogP contribution < -0.4 is 11.2 Å². The van der Waals surface area contributed by atoms with E-state index in [0.29, 0.717) is 11.3 Å². The summed E-state index contributed by atoms with van der Waals surface area (Å²) in [6.45, 7) is 6.44. The number of hydrogen-bond donors (Lipinski definition) is 1. The Hall–Kier alpha value is -3.46. The van der Waals surface area contributed by atoms with E-state index < -0.39 is 29.4 Å². The van der Waals surface area contributed by atoms with Crippen LogP contribution in [0.15, 0.2) is 56.7 Å². The van der Waals surface area contributed by atoms with Gasteiger partial charge in [-0.1, -0.05) is 12.1 Å². The number of esters is 1. The first-order valence-electron chi connectivity index (χ1n) is 10.3. The van der Waals surface area contributed by atoms with E-state index in [0.717, 1.165) is 20.1 Å². The number of nitrogens with one attached hydrogen (secondary N) is 1. The second-order valence-corrected chi connectivity index (χ2v) is 9.53. The summed E-state index contributed by atoms with van der Waals surface area (Å²) >= 11 is 3.54. The molecule has 8 nitrogen and oxygen atoms in total. The minimum Gasteiger partial charge on any atom is -0.459 e. The first kappa shape index (κ1) is 22.7. The molecule has 0 unspecified atom stereocenters. The van der Waals surface area contributed by atoms with Crippen molar-refractivity contribution < 1.29 is 14.3 Å². The van der Waals surface area contributed by atoms with Crippen LogP contribution in [0.2, 0.25) is 0 Å². The van der Waals surface area contributed by atoms with Crippen LogP contribution in [0.25, 0.3) is 16.4 Å². The normalized spacial score (nSPS) is 11.8. The summed E-state index contributed by atoms with van der Waals surface area (Å²) in [4.78, 5) is 53.5. The lowest BCUT2D eigenvalue weighted by molar-refractivity contribution is -0.155. The van der Waals surface area contributed by atoms with E-state index in [1.54, 1.807) is 31.4 Å². The number of benzene rings is 1. The Kier molecular flexibility index (Phi) is 5.61. The van der Waals surface area contributed by atoms with Crippen molar-refractivity contribution in [2.75, 3.05) is 0 Å². The number of halogens is 1. The minimum absolute atomic E-state index is 0.188. The van der Waals surface area contributed by atoms with E-state index in [2.05, 4.69) is 20.9 Å². The molecule has 0 amide bonds. The molecule has 0 atom stereocenters.